The summed E-state index contributed by atoms with van der Waals surface area (Å²) in [5.74, 6) is -0.769. The fourth-order valence-corrected chi connectivity index (χ4v) is 3.05. The molecule has 1 aliphatic heterocycles. The van der Waals surface area contributed by atoms with Crippen molar-refractivity contribution < 1.29 is 22.8 Å². The van der Waals surface area contributed by atoms with E-state index in [1.165, 1.54) is 23.1 Å². The van der Waals surface area contributed by atoms with Crippen LogP contribution in [0.1, 0.15) is 27.0 Å². The van der Waals surface area contributed by atoms with Gasteiger partial charge in [0, 0.05) is 23.4 Å². The molecule has 4 nitrogen and oxygen atoms in total. The van der Waals surface area contributed by atoms with Gasteiger partial charge in [-0.25, -0.2) is 0 Å². The number of benzene rings is 2. The van der Waals surface area contributed by atoms with Crippen LogP contribution in [0.2, 0.25) is 0 Å². The Morgan fingerprint density at radius 3 is 2.33 bits per heavy atom. The van der Waals surface area contributed by atoms with Crippen LogP contribution in [0, 0.1) is 0 Å². The van der Waals surface area contributed by atoms with Crippen LogP contribution < -0.4 is 5.32 Å². The van der Waals surface area contributed by atoms with Crippen molar-refractivity contribution in [2.75, 3.05) is 13.1 Å². The summed E-state index contributed by atoms with van der Waals surface area (Å²) >= 11 is 0. The number of rotatable bonds is 5. The van der Waals surface area contributed by atoms with Gasteiger partial charge >= 0.3 is 6.18 Å². The molecule has 1 heterocycles. The summed E-state index contributed by atoms with van der Waals surface area (Å²) in [4.78, 5) is 25.8. The molecule has 0 bridgehead atoms. The van der Waals surface area contributed by atoms with Gasteiger partial charge in [0.25, 0.3) is 5.91 Å². The van der Waals surface area contributed by atoms with Crippen molar-refractivity contribution in [3.63, 3.8) is 0 Å². The highest BCUT2D eigenvalue weighted by Gasteiger charge is 2.33. The second kappa shape index (κ2) is 7.26. The molecule has 0 radical (unpaired) electrons. The van der Waals surface area contributed by atoms with E-state index in [9.17, 15) is 22.8 Å². The Bertz CT molecular complexity index is 871. The zero-order valence-corrected chi connectivity index (χ0v) is 14.3. The minimum Gasteiger partial charge on any atom is -0.354 e. The smallest absolute Gasteiger partial charge is 0.354 e. The van der Waals surface area contributed by atoms with Crippen LogP contribution in [0.5, 0.6) is 0 Å². The molecule has 0 aromatic heterocycles. The molecule has 2 aromatic carbocycles. The first kappa shape index (κ1) is 18.7. The maximum atomic E-state index is 13.0. The van der Waals surface area contributed by atoms with Gasteiger partial charge in [-0.2, -0.15) is 13.2 Å². The topological polar surface area (TPSA) is 49.4 Å². The predicted molar refractivity (Wildman–Crippen MR) is 94.7 cm³/mol. The van der Waals surface area contributed by atoms with E-state index in [0.29, 0.717) is 16.8 Å². The highest BCUT2D eigenvalue weighted by atomic mass is 19.4. The number of carbonyl (C=O) groups excluding carboxylic acids is 2. The van der Waals surface area contributed by atoms with Gasteiger partial charge in [0.05, 0.1) is 5.56 Å². The zero-order valence-electron chi connectivity index (χ0n) is 14.3. The largest absolute Gasteiger partial charge is 0.416 e. The van der Waals surface area contributed by atoms with Crippen molar-refractivity contribution in [1.29, 1.82) is 0 Å². The van der Waals surface area contributed by atoms with E-state index in [-0.39, 0.29) is 31.0 Å². The Balaban J connectivity index is 1.58. The van der Waals surface area contributed by atoms with Gasteiger partial charge in [0.2, 0.25) is 5.91 Å². The summed E-state index contributed by atoms with van der Waals surface area (Å²) in [7, 11) is 0. The summed E-state index contributed by atoms with van der Waals surface area (Å²) in [6.45, 7) is 3.65. The van der Waals surface area contributed by atoms with E-state index in [1.807, 2.05) is 0 Å². The number of hydrogen-bond donors (Lipinski definition) is 1. The normalized spacial score (nSPS) is 13.7. The molecule has 0 atom stereocenters. The molecule has 0 unspecified atom stereocenters. The molecular weight excluding hydrogens is 357 g/mol. The van der Waals surface area contributed by atoms with Crippen molar-refractivity contribution >= 4 is 17.5 Å². The number of alkyl halides is 3. The SMILES string of the molecule is C=C1c2ccccc2C(=O)N1CC(=O)NCCc1ccccc1C(F)(F)F. The lowest BCUT2D eigenvalue weighted by molar-refractivity contribution is -0.138. The van der Waals surface area contributed by atoms with E-state index in [1.54, 1.807) is 24.3 Å². The number of carbonyl (C=O) groups is 2. The van der Waals surface area contributed by atoms with Gasteiger partial charge in [-0.15, -0.1) is 0 Å². The lowest BCUT2D eigenvalue weighted by atomic mass is 10.0. The average molecular weight is 374 g/mol. The van der Waals surface area contributed by atoms with E-state index in [2.05, 4.69) is 11.9 Å². The fraction of sp³-hybridized carbons (Fsp3) is 0.200. The highest BCUT2D eigenvalue weighted by Crippen LogP contribution is 2.32. The fourth-order valence-electron chi connectivity index (χ4n) is 3.05. The maximum absolute atomic E-state index is 13.0. The molecule has 1 N–H and O–H groups in total. The van der Waals surface area contributed by atoms with Crippen LogP contribution in [-0.2, 0) is 17.4 Å². The van der Waals surface area contributed by atoms with Gasteiger partial charge in [-0.05, 0) is 24.1 Å². The Hall–Kier alpha value is -3.09. The maximum Gasteiger partial charge on any atom is 0.416 e. The van der Waals surface area contributed by atoms with Crippen LogP contribution in [0.3, 0.4) is 0 Å². The molecule has 0 aliphatic carbocycles. The number of nitrogens with one attached hydrogen (secondary N) is 1. The van der Waals surface area contributed by atoms with Crippen LogP contribution in [-0.4, -0.2) is 29.8 Å². The van der Waals surface area contributed by atoms with E-state index >= 15 is 0 Å². The number of amides is 2. The third-order valence-electron chi connectivity index (χ3n) is 4.38. The van der Waals surface area contributed by atoms with Crippen LogP contribution in [0.4, 0.5) is 13.2 Å². The second-order valence-corrected chi connectivity index (χ2v) is 6.14. The molecule has 27 heavy (non-hydrogen) atoms. The molecule has 7 heteroatoms. The van der Waals surface area contributed by atoms with Crippen molar-refractivity contribution in [3.8, 4) is 0 Å². The summed E-state index contributed by atoms with van der Waals surface area (Å²) in [5.41, 5.74) is 0.995. The Morgan fingerprint density at radius 1 is 1.04 bits per heavy atom. The molecule has 1 aliphatic rings. The van der Waals surface area contributed by atoms with Gasteiger partial charge in [0.1, 0.15) is 6.54 Å². The van der Waals surface area contributed by atoms with E-state index in [4.69, 9.17) is 0 Å². The minimum atomic E-state index is -4.44. The average Bonchev–Trinajstić information content (AvgIpc) is 2.87. The summed E-state index contributed by atoms with van der Waals surface area (Å²) < 4.78 is 38.9. The molecule has 0 saturated carbocycles. The number of halogens is 3. The van der Waals surface area contributed by atoms with Gasteiger partial charge in [0.15, 0.2) is 0 Å². The van der Waals surface area contributed by atoms with Crippen molar-refractivity contribution in [3.05, 3.63) is 77.4 Å². The van der Waals surface area contributed by atoms with Crippen molar-refractivity contribution in [1.82, 2.24) is 10.2 Å². The Labute approximate surface area is 154 Å². The van der Waals surface area contributed by atoms with Gasteiger partial charge in [-0.1, -0.05) is 43.0 Å². The summed E-state index contributed by atoms with van der Waals surface area (Å²) in [5, 5.41) is 2.56. The third-order valence-corrected chi connectivity index (χ3v) is 4.38. The first-order valence-corrected chi connectivity index (χ1v) is 8.31. The Kier molecular flexibility index (Phi) is 5.03. The first-order chi connectivity index (χ1) is 12.8. The predicted octanol–water partition coefficient (Wildman–Crippen LogP) is 3.49. The monoisotopic (exact) mass is 374 g/mol. The molecule has 140 valence electrons. The Morgan fingerprint density at radius 2 is 1.67 bits per heavy atom. The lowest BCUT2D eigenvalue weighted by Gasteiger charge is -2.17. The molecule has 2 amide bonds. The quantitative estimate of drug-likeness (QED) is 0.871. The zero-order chi connectivity index (χ0) is 19.6. The third kappa shape index (κ3) is 3.86. The van der Waals surface area contributed by atoms with Crippen molar-refractivity contribution in [2.45, 2.75) is 12.6 Å². The highest BCUT2D eigenvalue weighted by molar-refractivity contribution is 6.10. The van der Waals surface area contributed by atoms with Gasteiger partial charge in [-0.3, -0.25) is 14.5 Å². The van der Waals surface area contributed by atoms with Gasteiger partial charge < -0.3 is 5.32 Å². The number of nitrogens with zero attached hydrogens (tertiary/aromatic N) is 1. The summed E-state index contributed by atoms with van der Waals surface area (Å²) in [6.07, 6.45) is -4.40. The number of hydrogen-bond acceptors (Lipinski definition) is 2. The molecule has 3 rings (SSSR count). The standard InChI is InChI=1S/C20H17F3N2O2/c1-13-15-7-3-4-8-16(15)19(27)25(13)12-18(26)24-11-10-14-6-2-5-9-17(14)20(21,22)23/h2-9H,1,10-12H2,(H,24,26). The van der Waals surface area contributed by atoms with Crippen LogP contribution in [0.25, 0.3) is 5.70 Å². The molecule has 0 spiro atoms. The van der Waals surface area contributed by atoms with Crippen LogP contribution >= 0.6 is 0 Å². The molecular formula is C20H17F3N2O2. The van der Waals surface area contributed by atoms with E-state index in [0.717, 1.165) is 6.07 Å². The second-order valence-electron chi connectivity index (χ2n) is 6.14. The molecule has 2 aromatic rings. The van der Waals surface area contributed by atoms with Crippen molar-refractivity contribution in [2.24, 2.45) is 0 Å². The molecule has 0 saturated heterocycles. The van der Waals surface area contributed by atoms with Crippen LogP contribution in [0.15, 0.2) is 55.1 Å². The number of fused-ring (bicyclic) bond motifs is 1. The summed E-state index contributed by atoms with van der Waals surface area (Å²) in [6, 6.07) is 12.2. The molecule has 0 fully saturated rings. The van der Waals surface area contributed by atoms with E-state index < -0.39 is 17.6 Å². The minimum absolute atomic E-state index is 0.0351. The first-order valence-electron chi connectivity index (χ1n) is 8.31. The lowest BCUT2D eigenvalue weighted by Crippen LogP contribution is -2.37.